The molecule has 2 atom stereocenters. The third-order valence-electron chi connectivity index (χ3n) is 6.58. The Kier molecular flexibility index (Phi) is 6.49. The van der Waals surface area contributed by atoms with Gasteiger partial charge in [0.2, 0.25) is 5.76 Å². The molecule has 11 nitrogen and oxygen atoms in total. The Morgan fingerprint density at radius 3 is 2.80 bits per heavy atom. The fraction of sp³-hybridized carbons (Fsp3) is 0.458. The van der Waals surface area contributed by atoms with E-state index >= 15 is 0 Å². The van der Waals surface area contributed by atoms with Crippen LogP contribution >= 0.6 is 0 Å². The smallest absolute Gasteiger partial charge is 0.289 e. The molecule has 3 aromatic rings. The van der Waals surface area contributed by atoms with Crippen molar-refractivity contribution in [3.8, 4) is 5.69 Å². The highest BCUT2D eigenvalue weighted by Gasteiger charge is 2.28. The molecular weight excluding hydrogens is 450 g/mol. The van der Waals surface area contributed by atoms with Gasteiger partial charge in [-0.25, -0.2) is 4.98 Å². The van der Waals surface area contributed by atoms with Gasteiger partial charge < -0.3 is 24.8 Å². The van der Waals surface area contributed by atoms with Crippen LogP contribution in [0.15, 0.2) is 45.8 Å². The molecule has 0 unspecified atom stereocenters. The van der Waals surface area contributed by atoms with Crippen LogP contribution in [-0.2, 0) is 4.74 Å². The highest BCUT2D eigenvalue weighted by molar-refractivity contribution is 5.91. The lowest BCUT2D eigenvalue weighted by molar-refractivity contribution is 0.0781. The van der Waals surface area contributed by atoms with E-state index in [1.165, 1.54) is 10.7 Å². The summed E-state index contributed by atoms with van der Waals surface area (Å²) in [7, 11) is 1.70. The SMILES string of the molecule is COC1CN(c2ccc(=O)n(-c3ccc(N[C@H]4CC[C@@H](CNC(=O)c5cc(C)no5)C4)nc3)n2)C1. The number of carbonyl (C=O) groups excluding carboxylic acids is 1. The zero-order valence-corrected chi connectivity index (χ0v) is 19.8. The first-order valence-electron chi connectivity index (χ1n) is 11.8. The van der Waals surface area contributed by atoms with Crippen molar-refractivity contribution in [1.82, 2.24) is 25.2 Å². The zero-order valence-electron chi connectivity index (χ0n) is 19.8. The molecule has 0 radical (unpaired) electrons. The number of amides is 1. The molecule has 5 rings (SSSR count). The summed E-state index contributed by atoms with van der Waals surface area (Å²) in [6.07, 6.45) is 4.79. The van der Waals surface area contributed by atoms with E-state index in [4.69, 9.17) is 9.26 Å². The van der Waals surface area contributed by atoms with E-state index in [9.17, 15) is 9.59 Å². The molecule has 4 heterocycles. The van der Waals surface area contributed by atoms with Crippen molar-refractivity contribution in [3.05, 3.63) is 58.3 Å². The van der Waals surface area contributed by atoms with E-state index < -0.39 is 0 Å². The van der Waals surface area contributed by atoms with Gasteiger partial charge in [-0.05, 0) is 50.3 Å². The minimum Gasteiger partial charge on any atom is -0.378 e. The van der Waals surface area contributed by atoms with Crippen molar-refractivity contribution >= 4 is 17.5 Å². The summed E-state index contributed by atoms with van der Waals surface area (Å²) in [5.41, 5.74) is 1.09. The Balaban J connectivity index is 1.15. The van der Waals surface area contributed by atoms with Gasteiger partial charge in [0.05, 0.1) is 23.7 Å². The quantitative estimate of drug-likeness (QED) is 0.497. The van der Waals surface area contributed by atoms with Crippen LogP contribution in [0.4, 0.5) is 11.6 Å². The van der Waals surface area contributed by atoms with Gasteiger partial charge >= 0.3 is 0 Å². The van der Waals surface area contributed by atoms with Gasteiger partial charge in [-0.15, -0.1) is 5.10 Å². The normalized spacial score (nSPS) is 20.0. The molecule has 2 N–H and O–H groups in total. The highest BCUT2D eigenvalue weighted by Crippen LogP contribution is 2.27. The van der Waals surface area contributed by atoms with E-state index in [0.717, 1.165) is 44.0 Å². The van der Waals surface area contributed by atoms with Gasteiger partial charge in [-0.3, -0.25) is 9.59 Å². The maximum Gasteiger partial charge on any atom is 0.289 e. The molecule has 35 heavy (non-hydrogen) atoms. The maximum atomic E-state index is 12.4. The number of nitrogens with one attached hydrogen (secondary N) is 2. The molecule has 11 heteroatoms. The molecule has 1 aliphatic heterocycles. The van der Waals surface area contributed by atoms with Crippen LogP contribution in [0.25, 0.3) is 5.69 Å². The third kappa shape index (κ3) is 5.19. The molecule has 184 valence electrons. The lowest BCUT2D eigenvalue weighted by Crippen LogP contribution is -2.52. The van der Waals surface area contributed by atoms with Crippen molar-refractivity contribution in [2.45, 2.75) is 38.3 Å². The first kappa shape index (κ1) is 23.0. The summed E-state index contributed by atoms with van der Waals surface area (Å²) in [6.45, 7) is 3.89. The van der Waals surface area contributed by atoms with Crippen molar-refractivity contribution in [3.63, 3.8) is 0 Å². The highest BCUT2D eigenvalue weighted by atomic mass is 16.5. The first-order chi connectivity index (χ1) is 17.0. The fourth-order valence-corrected chi connectivity index (χ4v) is 4.52. The zero-order chi connectivity index (χ0) is 24.4. The molecule has 1 saturated heterocycles. The van der Waals surface area contributed by atoms with E-state index in [1.54, 1.807) is 32.4 Å². The van der Waals surface area contributed by atoms with Crippen LogP contribution in [0.2, 0.25) is 0 Å². The molecule has 2 fully saturated rings. The Morgan fingerprint density at radius 1 is 1.23 bits per heavy atom. The van der Waals surface area contributed by atoms with Crippen LogP contribution in [0.1, 0.15) is 35.5 Å². The number of anilines is 2. The van der Waals surface area contributed by atoms with Crippen molar-refractivity contribution in [2.75, 3.05) is 37.0 Å². The number of hydrogen-bond acceptors (Lipinski definition) is 9. The standard InChI is InChI=1S/C24H29N7O4/c1-15-9-20(35-29-15)24(33)26-11-16-3-4-17(10-16)27-21-6-5-18(12-25-21)31-23(32)8-7-22(28-31)30-13-19(14-30)34-2/h5-9,12,16-17,19H,3-4,10-11,13-14H2,1-2H3,(H,25,27)(H,26,33)/t16-,17+/m1/s1. The molecule has 3 aromatic heterocycles. The molecule has 0 aromatic carbocycles. The predicted molar refractivity (Wildman–Crippen MR) is 129 cm³/mol. The number of aryl methyl sites for hydroxylation is 1. The van der Waals surface area contributed by atoms with Gasteiger partial charge in [-0.2, -0.15) is 4.68 Å². The Hall–Kier alpha value is -3.73. The van der Waals surface area contributed by atoms with E-state index in [-0.39, 0.29) is 29.4 Å². The van der Waals surface area contributed by atoms with Crippen LogP contribution < -0.4 is 21.1 Å². The minimum atomic E-state index is -0.236. The van der Waals surface area contributed by atoms with Gasteiger partial charge in [0.25, 0.3) is 11.5 Å². The number of rotatable bonds is 8. The topological polar surface area (TPSA) is 127 Å². The van der Waals surface area contributed by atoms with Crippen molar-refractivity contribution in [2.24, 2.45) is 5.92 Å². The van der Waals surface area contributed by atoms with Gasteiger partial charge in [0, 0.05) is 44.9 Å². The monoisotopic (exact) mass is 479 g/mol. The molecule has 1 saturated carbocycles. The fourth-order valence-electron chi connectivity index (χ4n) is 4.52. The van der Waals surface area contributed by atoms with Gasteiger partial charge in [0.15, 0.2) is 0 Å². The molecule has 0 spiro atoms. The maximum absolute atomic E-state index is 12.4. The Labute approximate surface area is 202 Å². The predicted octanol–water partition coefficient (Wildman–Crippen LogP) is 1.77. The lowest BCUT2D eigenvalue weighted by atomic mass is 10.1. The molecule has 2 aliphatic rings. The van der Waals surface area contributed by atoms with Gasteiger partial charge in [-0.1, -0.05) is 5.16 Å². The summed E-state index contributed by atoms with van der Waals surface area (Å²) in [6, 6.07) is 8.86. The summed E-state index contributed by atoms with van der Waals surface area (Å²) < 4.78 is 11.7. The second kappa shape index (κ2) is 9.87. The van der Waals surface area contributed by atoms with Crippen molar-refractivity contribution < 1.29 is 14.1 Å². The summed E-state index contributed by atoms with van der Waals surface area (Å²) in [4.78, 5) is 31.1. The number of ether oxygens (including phenoxy) is 1. The minimum absolute atomic E-state index is 0.202. The van der Waals surface area contributed by atoms with E-state index in [2.05, 4.69) is 30.8 Å². The second-order valence-corrected chi connectivity index (χ2v) is 9.17. The van der Waals surface area contributed by atoms with Crippen LogP contribution in [0, 0.1) is 12.8 Å². The number of pyridine rings is 1. The Morgan fingerprint density at radius 2 is 2.09 bits per heavy atom. The van der Waals surface area contributed by atoms with Crippen LogP contribution in [0.5, 0.6) is 0 Å². The van der Waals surface area contributed by atoms with E-state index in [0.29, 0.717) is 23.8 Å². The Bertz CT molecular complexity index is 1230. The largest absolute Gasteiger partial charge is 0.378 e. The number of hydrogen-bond donors (Lipinski definition) is 2. The number of carbonyl (C=O) groups is 1. The average molecular weight is 480 g/mol. The summed E-state index contributed by atoms with van der Waals surface area (Å²) in [5.74, 6) is 1.87. The summed E-state index contributed by atoms with van der Waals surface area (Å²) in [5, 5.41) is 14.6. The molecule has 1 aliphatic carbocycles. The molecular formula is C24H29N7O4. The number of nitrogens with zero attached hydrogens (tertiary/aromatic N) is 5. The van der Waals surface area contributed by atoms with Crippen LogP contribution in [-0.4, -0.2) is 64.7 Å². The summed E-state index contributed by atoms with van der Waals surface area (Å²) >= 11 is 0. The van der Waals surface area contributed by atoms with Crippen molar-refractivity contribution in [1.29, 1.82) is 0 Å². The first-order valence-corrected chi connectivity index (χ1v) is 11.8. The number of aromatic nitrogens is 4. The van der Waals surface area contributed by atoms with Gasteiger partial charge in [0.1, 0.15) is 11.6 Å². The third-order valence-corrected chi connectivity index (χ3v) is 6.58. The average Bonchev–Trinajstić information content (AvgIpc) is 3.47. The second-order valence-electron chi connectivity index (χ2n) is 9.17. The lowest BCUT2D eigenvalue weighted by Gasteiger charge is -2.38. The van der Waals surface area contributed by atoms with Crippen LogP contribution in [0.3, 0.4) is 0 Å². The molecule has 1 amide bonds. The van der Waals surface area contributed by atoms with E-state index in [1.807, 2.05) is 12.1 Å². The molecule has 0 bridgehead atoms. The number of methoxy groups -OCH3 is 1.